The highest BCUT2D eigenvalue weighted by atomic mass is 35.5. The number of benzene rings is 3. The molecule has 0 spiro atoms. The quantitative estimate of drug-likeness (QED) is 0.306. The first-order valence-electron chi connectivity index (χ1n) is 9.54. The van der Waals surface area contributed by atoms with E-state index in [1.807, 2.05) is 30.3 Å². The van der Waals surface area contributed by atoms with Crippen LogP contribution < -0.4 is 15.4 Å². The molecule has 0 saturated heterocycles. The molecule has 162 valence electrons. The third-order valence-corrected chi connectivity index (χ3v) is 6.24. The molecule has 9 heteroatoms. The molecule has 0 aliphatic heterocycles. The first-order chi connectivity index (χ1) is 15.4. The van der Waals surface area contributed by atoms with Crippen molar-refractivity contribution in [2.45, 2.75) is 6.92 Å². The van der Waals surface area contributed by atoms with Gasteiger partial charge in [0.1, 0.15) is 10.8 Å². The van der Waals surface area contributed by atoms with E-state index in [4.69, 9.17) is 45.1 Å². The number of anilines is 1. The summed E-state index contributed by atoms with van der Waals surface area (Å²) in [7, 11) is 0. The lowest BCUT2D eigenvalue weighted by molar-refractivity contribution is -0.121. The van der Waals surface area contributed by atoms with E-state index < -0.39 is 5.91 Å². The molecule has 0 aliphatic carbocycles. The number of aryl methyl sites for hydroxylation is 1. The summed E-state index contributed by atoms with van der Waals surface area (Å²) in [6, 6.07) is 18.7. The summed E-state index contributed by atoms with van der Waals surface area (Å²) in [5.41, 5.74) is 3.96. The van der Waals surface area contributed by atoms with Gasteiger partial charge in [-0.15, -0.1) is 11.3 Å². The molecule has 0 atom stereocenters. The summed E-state index contributed by atoms with van der Waals surface area (Å²) in [6.45, 7) is 1.83. The predicted molar refractivity (Wildman–Crippen MR) is 136 cm³/mol. The van der Waals surface area contributed by atoms with Crippen LogP contribution in [0.4, 0.5) is 5.69 Å². The number of fused-ring (bicyclic) bond motifs is 1. The van der Waals surface area contributed by atoms with Crippen molar-refractivity contribution < 1.29 is 9.53 Å². The summed E-state index contributed by atoms with van der Waals surface area (Å²) in [5.74, 6) is -0.0411. The fourth-order valence-corrected chi connectivity index (χ4v) is 4.68. The fraction of sp³-hybridized carbons (Fsp3) is 0.0870. The maximum Gasteiger partial charge on any atom is 0.264 e. The number of hydrogen-bond donors (Lipinski definition) is 2. The Balaban J connectivity index is 1.32. The molecular weight excluding hydrogens is 485 g/mol. The van der Waals surface area contributed by atoms with E-state index >= 15 is 0 Å². The number of rotatable bonds is 5. The molecular formula is C23H17Cl2N3O2S2. The number of halogens is 2. The van der Waals surface area contributed by atoms with Crippen LogP contribution in [0.2, 0.25) is 10.0 Å². The van der Waals surface area contributed by atoms with Gasteiger partial charge in [0.05, 0.1) is 15.2 Å². The highest BCUT2D eigenvalue weighted by Crippen LogP contribution is 2.31. The van der Waals surface area contributed by atoms with Crippen molar-refractivity contribution in [2.24, 2.45) is 0 Å². The van der Waals surface area contributed by atoms with Gasteiger partial charge in [-0.1, -0.05) is 29.3 Å². The average Bonchev–Trinajstić information content (AvgIpc) is 3.16. The van der Waals surface area contributed by atoms with Crippen molar-refractivity contribution in [3.8, 4) is 16.3 Å². The number of thiocarbonyl (C=S) groups is 1. The van der Waals surface area contributed by atoms with Crippen LogP contribution in [0.1, 0.15) is 5.56 Å². The predicted octanol–water partition coefficient (Wildman–Crippen LogP) is 6.47. The molecule has 5 nitrogen and oxygen atoms in total. The number of nitrogens with zero attached hydrogens (tertiary/aromatic N) is 1. The number of thiazole rings is 1. The van der Waals surface area contributed by atoms with Crippen LogP contribution in [0.15, 0.2) is 60.7 Å². The molecule has 32 heavy (non-hydrogen) atoms. The minimum Gasteiger partial charge on any atom is -0.482 e. The second kappa shape index (κ2) is 9.83. The lowest BCUT2D eigenvalue weighted by Gasteiger charge is -2.11. The maximum atomic E-state index is 12.1. The van der Waals surface area contributed by atoms with Gasteiger partial charge < -0.3 is 10.1 Å². The number of carbonyl (C=O) groups excluding carboxylic acids is 1. The fourth-order valence-electron chi connectivity index (χ4n) is 2.91. The monoisotopic (exact) mass is 501 g/mol. The number of aromatic nitrogens is 1. The normalized spacial score (nSPS) is 10.7. The molecule has 1 aromatic heterocycles. The van der Waals surface area contributed by atoms with Crippen molar-refractivity contribution >= 4 is 73.7 Å². The number of ether oxygens (including phenoxy) is 1. The summed E-state index contributed by atoms with van der Waals surface area (Å²) in [4.78, 5) is 16.8. The van der Waals surface area contributed by atoms with E-state index in [9.17, 15) is 4.79 Å². The maximum absolute atomic E-state index is 12.1. The second-order valence-electron chi connectivity index (χ2n) is 6.93. The Hall–Kier alpha value is -2.71. The molecule has 4 rings (SSSR count). The number of carbonyl (C=O) groups is 1. The first kappa shape index (κ1) is 22.5. The van der Waals surface area contributed by atoms with Gasteiger partial charge in [0.2, 0.25) is 0 Å². The van der Waals surface area contributed by atoms with Gasteiger partial charge >= 0.3 is 0 Å². The number of nitrogens with one attached hydrogen (secondary N) is 2. The lowest BCUT2D eigenvalue weighted by Crippen LogP contribution is -2.37. The van der Waals surface area contributed by atoms with Crippen LogP contribution in [0.3, 0.4) is 0 Å². The van der Waals surface area contributed by atoms with E-state index in [1.165, 1.54) is 5.56 Å². The highest BCUT2D eigenvalue weighted by Gasteiger charge is 2.10. The molecule has 0 saturated carbocycles. The zero-order chi connectivity index (χ0) is 22.7. The summed E-state index contributed by atoms with van der Waals surface area (Å²) in [5, 5.41) is 7.50. The van der Waals surface area contributed by atoms with Crippen LogP contribution in [0.5, 0.6) is 5.75 Å². The van der Waals surface area contributed by atoms with E-state index in [2.05, 4.69) is 29.7 Å². The van der Waals surface area contributed by atoms with Crippen molar-refractivity contribution in [3.05, 3.63) is 76.3 Å². The topological polar surface area (TPSA) is 63.2 Å². The Kier molecular flexibility index (Phi) is 6.91. The molecule has 1 amide bonds. The number of amides is 1. The molecule has 0 bridgehead atoms. The van der Waals surface area contributed by atoms with Crippen LogP contribution in [-0.4, -0.2) is 22.6 Å². The second-order valence-corrected chi connectivity index (χ2v) is 9.22. The van der Waals surface area contributed by atoms with Gasteiger partial charge in [0.15, 0.2) is 11.7 Å². The molecule has 0 unspecified atom stereocenters. The first-order valence-corrected chi connectivity index (χ1v) is 11.5. The molecule has 2 N–H and O–H groups in total. The Morgan fingerprint density at radius 2 is 1.88 bits per heavy atom. The molecule has 0 fully saturated rings. The third kappa shape index (κ3) is 5.55. The van der Waals surface area contributed by atoms with Crippen LogP contribution in [0.25, 0.3) is 20.8 Å². The molecule has 0 radical (unpaired) electrons. The molecule has 1 heterocycles. The van der Waals surface area contributed by atoms with Gasteiger partial charge in [-0.05, 0) is 79.3 Å². The Morgan fingerprint density at radius 1 is 1.09 bits per heavy atom. The minimum absolute atomic E-state index is 0.170. The van der Waals surface area contributed by atoms with Crippen molar-refractivity contribution in [2.75, 3.05) is 11.9 Å². The summed E-state index contributed by atoms with van der Waals surface area (Å²) in [6.07, 6.45) is 0. The SMILES string of the molecule is Cc1ccc2nc(-c3ccc(NC(=S)NC(=O)COc4ccc(Cl)cc4Cl)cc3)sc2c1. The minimum atomic E-state index is -0.407. The third-order valence-electron chi connectivity index (χ3n) is 4.44. The van der Waals surface area contributed by atoms with Crippen molar-refractivity contribution in [3.63, 3.8) is 0 Å². The standard InChI is InChI=1S/C23H17Cl2N3O2S2/c1-13-2-8-18-20(10-13)32-22(27-18)14-3-6-16(7-4-14)26-23(31)28-21(29)12-30-19-9-5-15(24)11-17(19)25/h2-11H,12H2,1H3,(H2,26,28,29,31). The van der Waals surface area contributed by atoms with Gasteiger partial charge in [0.25, 0.3) is 5.91 Å². The molecule has 4 aromatic rings. The van der Waals surface area contributed by atoms with Gasteiger partial charge in [0, 0.05) is 16.3 Å². The smallest absolute Gasteiger partial charge is 0.264 e. The van der Waals surface area contributed by atoms with Crippen LogP contribution in [0, 0.1) is 6.92 Å². The van der Waals surface area contributed by atoms with Crippen LogP contribution >= 0.6 is 46.8 Å². The Bertz CT molecular complexity index is 1310. The van der Waals surface area contributed by atoms with Gasteiger partial charge in [-0.2, -0.15) is 0 Å². The van der Waals surface area contributed by atoms with Crippen molar-refractivity contribution in [1.29, 1.82) is 0 Å². The lowest BCUT2D eigenvalue weighted by atomic mass is 10.2. The highest BCUT2D eigenvalue weighted by molar-refractivity contribution is 7.80. The van der Waals surface area contributed by atoms with Crippen LogP contribution in [-0.2, 0) is 4.79 Å². The zero-order valence-electron chi connectivity index (χ0n) is 16.8. The molecule has 0 aliphatic rings. The zero-order valence-corrected chi connectivity index (χ0v) is 20.0. The number of hydrogen-bond acceptors (Lipinski definition) is 5. The van der Waals surface area contributed by atoms with E-state index in [0.717, 1.165) is 26.5 Å². The van der Waals surface area contributed by atoms with E-state index in [1.54, 1.807) is 29.5 Å². The summed E-state index contributed by atoms with van der Waals surface area (Å²) >= 11 is 18.7. The Labute approximate surface area is 204 Å². The Morgan fingerprint density at radius 3 is 2.62 bits per heavy atom. The van der Waals surface area contributed by atoms with Crippen molar-refractivity contribution in [1.82, 2.24) is 10.3 Å². The largest absolute Gasteiger partial charge is 0.482 e. The molecule has 3 aromatic carbocycles. The van der Waals surface area contributed by atoms with Gasteiger partial charge in [-0.25, -0.2) is 4.98 Å². The average molecular weight is 502 g/mol. The van der Waals surface area contributed by atoms with E-state index in [0.29, 0.717) is 15.8 Å². The van der Waals surface area contributed by atoms with Gasteiger partial charge in [-0.3, -0.25) is 10.1 Å². The van der Waals surface area contributed by atoms with E-state index in [-0.39, 0.29) is 11.7 Å². The summed E-state index contributed by atoms with van der Waals surface area (Å²) < 4.78 is 6.57.